The second-order valence-corrected chi connectivity index (χ2v) is 4.26. The Balaban J connectivity index is 3.90. The van der Waals surface area contributed by atoms with Crippen LogP contribution in [-0.4, -0.2) is 29.8 Å². The molecule has 0 aromatic rings. The largest absolute Gasteiger partial charge is 0.343 e. The van der Waals surface area contributed by atoms with Crippen molar-refractivity contribution < 1.29 is 4.79 Å². The van der Waals surface area contributed by atoms with Crippen molar-refractivity contribution >= 4 is 17.5 Å². The summed E-state index contributed by atoms with van der Waals surface area (Å²) in [5.74, 6) is 0.860. The van der Waals surface area contributed by atoms with Crippen molar-refractivity contribution in [2.75, 3.05) is 19.0 Å². The Morgan fingerprint density at radius 3 is 2.00 bits per heavy atom. The van der Waals surface area contributed by atoms with E-state index in [4.69, 9.17) is 11.6 Å². The molecule has 0 saturated carbocycles. The summed E-state index contributed by atoms with van der Waals surface area (Å²) in [7, 11) is 0. The molecule has 3 heteroatoms. The lowest BCUT2D eigenvalue weighted by atomic mass is 10.2. The Kier molecular flexibility index (Phi) is 10.1. The van der Waals surface area contributed by atoms with Gasteiger partial charge in [0, 0.05) is 25.4 Å². The zero-order valence-corrected chi connectivity index (χ0v) is 10.9. The highest BCUT2D eigenvalue weighted by molar-refractivity contribution is 6.17. The Morgan fingerprint density at radius 1 is 1.07 bits per heavy atom. The van der Waals surface area contributed by atoms with Crippen molar-refractivity contribution in [2.45, 2.75) is 52.4 Å². The molecule has 0 unspecified atom stereocenters. The number of alkyl halides is 1. The maximum Gasteiger partial charge on any atom is 0.222 e. The van der Waals surface area contributed by atoms with Gasteiger partial charge in [0.2, 0.25) is 5.91 Å². The van der Waals surface area contributed by atoms with Gasteiger partial charge in [-0.15, -0.1) is 11.6 Å². The minimum Gasteiger partial charge on any atom is -0.343 e. The smallest absolute Gasteiger partial charge is 0.222 e. The van der Waals surface area contributed by atoms with Crippen molar-refractivity contribution in [3.05, 3.63) is 0 Å². The summed E-state index contributed by atoms with van der Waals surface area (Å²) < 4.78 is 0. The zero-order valence-electron chi connectivity index (χ0n) is 10.1. The predicted molar refractivity (Wildman–Crippen MR) is 66.4 cm³/mol. The van der Waals surface area contributed by atoms with Crippen LogP contribution in [0.2, 0.25) is 0 Å². The van der Waals surface area contributed by atoms with E-state index < -0.39 is 0 Å². The molecule has 0 aliphatic rings. The van der Waals surface area contributed by atoms with Gasteiger partial charge in [-0.05, 0) is 19.3 Å². The summed E-state index contributed by atoms with van der Waals surface area (Å²) in [5, 5.41) is 0. The molecule has 0 aromatic heterocycles. The minimum atomic E-state index is 0.276. The molecular formula is C12H24ClNO. The van der Waals surface area contributed by atoms with E-state index in [9.17, 15) is 4.79 Å². The zero-order chi connectivity index (χ0) is 11.5. The molecule has 0 spiro atoms. The fourth-order valence-corrected chi connectivity index (χ4v) is 1.57. The molecule has 0 heterocycles. The van der Waals surface area contributed by atoms with E-state index in [1.807, 2.05) is 4.90 Å². The average Bonchev–Trinajstić information content (AvgIpc) is 2.26. The molecular weight excluding hydrogens is 210 g/mol. The van der Waals surface area contributed by atoms with Crippen LogP contribution in [0.15, 0.2) is 0 Å². The maximum atomic E-state index is 11.8. The van der Waals surface area contributed by atoms with E-state index in [0.717, 1.165) is 45.2 Å². The normalized spacial score (nSPS) is 10.3. The van der Waals surface area contributed by atoms with Crippen LogP contribution in [0.4, 0.5) is 0 Å². The fraction of sp³-hybridized carbons (Fsp3) is 0.917. The van der Waals surface area contributed by atoms with Gasteiger partial charge in [-0.3, -0.25) is 4.79 Å². The Morgan fingerprint density at radius 2 is 1.60 bits per heavy atom. The highest BCUT2D eigenvalue weighted by Crippen LogP contribution is 2.04. The maximum absolute atomic E-state index is 11.8. The molecule has 0 atom stereocenters. The van der Waals surface area contributed by atoms with Crippen molar-refractivity contribution in [2.24, 2.45) is 0 Å². The van der Waals surface area contributed by atoms with E-state index >= 15 is 0 Å². The first kappa shape index (κ1) is 14.8. The molecule has 15 heavy (non-hydrogen) atoms. The lowest BCUT2D eigenvalue weighted by Gasteiger charge is -2.22. The van der Waals surface area contributed by atoms with Crippen molar-refractivity contribution in [1.82, 2.24) is 4.90 Å². The molecule has 0 saturated heterocycles. The molecule has 0 rings (SSSR count). The number of hydrogen-bond donors (Lipinski definition) is 0. The van der Waals surface area contributed by atoms with E-state index in [1.165, 1.54) is 0 Å². The third-order valence-electron chi connectivity index (χ3n) is 2.44. The molecule has 90 valence electrons. The first-order chi connectivity index (χ1) is 7.26. The van der Waals surface area contributed by atoms with Gasteiger partial charge in [0.15, 0.2) is 0 Å². The molecule has 2 nitrogen and oxygen atoms in total. The SMILES string of the molecule is CCCCN(CCCC)C(=O)CCCCl. The summed E-state index contributed by atoms with van der Waals surface area (Å²) in [5.41, 5.74) is 0. The third kappa shape index (κ3) is 7.66. The van der Waals surface area contributed by atoms with Crippen LogP contribution in [0.1, 0.15) is 52.4 Å². The highest BCUT2D eigenvalue weighted by atomic mass is 35.5. The molecule has 0 fully saturated rings. The Bertz CT molecular complexity index is 154. The topological polar surface area (TPSA) is 20.3 Å². The van der Waals surface area contributed by atoms with Crippen LogP contribution in [-0.2, 0) is 4.79 Å². The van der Waals surface area contributed by atoms with Gasteiger partial charge in [0.1, 0.15) is 0 Å². The van der Waals surface area contributed by atoms with E-state index in [1.54, 1.807) is 0 Å². The van der Waals surface area contributed by atoms with Gasteiger partial charge in [0.25, 0.3) is 0 Å². The van der Waals surface area contributed by atoms with E-state index in [0.29, 0.717) is 12.3 Å². The van der Waals surface area contributed by atoms with Crippen LogP contribution < -0.4 is 0 Å². The standard InChI is InChI=1S/C12H24ClNO/c1-3-5-10-14(11-6-4-2)12(15)8-7-9-13/h3-11H2,1-2H3. The number of amides is 1. The first-order valence-corrected chi connectivity index (χ1v) is 6.63. The number of nitrogens with zero attached hydrogens (tertiary/aromatic N) is 1. The molecule has 0 radical (unpaired) electrons. The third-order valence-corrected chi connectivity index (χ3v) is 2.71. The Hall–Kier alpha value is -0.240. The summed E-state index contributed by atoms with van der Waals surface area (Å²) in [6.07, 6.45) is 5.91. The van der Waals surface area contributed by atoms with Crippen molar-refractivity contribution in [1.29, 1.82) is 0 Å². The van der Waals surface area contributed by atoms with E-state index in [-0.39, 0.29) is 5.91 Å². The number of carbonyl (C=O) groups is 1. The monoisotopic (exact) mass is 233 g/mol. The molecule has 0 aliphatic heterocycles. The lowest BCUT2D eigenvalue weighted by Crippen LogP contribution is -2.32. The minimum absolute atomic E-state index is 0.276. The van der Waals surface area contributed by atoms with Crippen LogP contribution in [0.25, 0.3) is 0 Å². The Labute approximate surface area is 99.0 Å². The first-order valence-electron chi connectivity index (χ1n) is 6.10. The number of hydrogen-bond acceptors (Lipinski definition) is 1. The van der Waals surface area contributed by atoms with Crippen molar-refractivity contribution in [3.8, 4) is 0 Å². The summed E-state index contributed by atoms with van der Waals surface area (Å²) in [4.78, 5) is 13.8. The van der Waals surface area contributed by atoms with Crippen LogP contribution in [0.5, 0.6) is 0 Å². The second-order valence-electron chi connectivity index (χ2n) is 3.88. The summed E-state index contributed by atoms with van der Waals surface area (Å²) in [6, 6.07) is 0. The van der Waals surface area contributed by atoms with Gasteiger partial charge in [-0.25, -0.2) is 0 Å². The van der Waals surface area contributed by atoms with Crippen LogP contribution >= 0.6 is 11.6 Å². The van der Waals surface area contributed by atoms with Crippen molar-refractivity contribution in [3.63, 3.8) is 0 Å². The highest BCUT2D eigenvalue weighted by Gasteiger charge is 2.11. The van der Waals surface area contributed by atoms with Crippen LogP contribution in [0, 0.1) is 0 Å². The number of halogens is 1. The summed E-state index contributed by atoms with van der Waals surface area (Å²) >= 11 is 5.59. The molecule has 1 amide bonds. The second kappa shape index (κ2) is 10.3. The van der Waals surface area contributed by atoms with Gasteiger partial charge in [-0.1, -0.05) is 26.7 Å². The van der Waals surface area contributed by atoms with Crippen LogP contribution in [0.3, 0.4) is 0 Å². The van der Waals surface area contributed by atoms with E-state index in [2.05, 4.69) is 13.8 Å². The average molecular weight is 234 g/mol. The number of carbonyl (C=O) groups excluding carboxylic acids is 1. The summed E-state index contributed by atoms with van der Waals surface area (Å²) in [6.45, 7) is 6.14. The van der Waals surface area contributed by atoms with Gasteiger partial charge in [-0.2, -0.15) is 0 Å². The molecule has 0 N–H and O–H groups in total. The van der Waals surface area contributed by atoms with Gasteiger partial charge >= 0.3 is 0 Å². The van der Waals surface area contributed by atoms with Gasteiger partial charge in [0.05, 0.1) is 0 Å². The van der Waals surface area contributed by atoms with Gasteiger partial charge < -0.3 is 4.90 Å². The molecule has 0 bridgehead atoms. The predicted octanol–water partition coefficient (Wildman–Crippen LogP) is 3.43. The molecule has 0 aliphatic carbocycles. The fourth-order valence-electron chi connectivity index (χ4n) is 1.44. The number of unbranched alkanes of at least 4 members (excludes halogenated alkanes) is 2. The number of rotatable bonds is 9. The lowest BCUT2D eigenvalue weighted by molar-refractivity contribution is -0.131. The quantitative estimate of drug-likeness (QED) is 0.559. The molecule has 0 aromatic carbocycles.